The van der Waals surface area contributed by atoms with E-state index in [4.69, 9.17) is 4.52 Å². The van der Waals surface area contributed by atoms with Crippen LogP contribution in [0.4, 0.5) is 5.82 Å². The summed E-state index contributed by atoms with van der Waals surface area (Å²) in [5.74, 6) is 0.374. The van der Waals surface area contributed by atoms with E-state index in [0.29, 0.717) is 22.7 Å². The first-order valence-electron chi connectivity index (χ1n) is 6.92. The molecule has 2 aromatic rings. The van der Waals surface area contributed by atoms with Gasteiger partial charge in [-0.05, 0) is 45.9 Å². The number of nitrogens with zero attached hydrogens (tertiary/aromatic N) is 1. The van der Waals surface area contributed by atoms with Crippen LogP contribution in [-0.2, 0) is 0 Å². The predicted octanol–water partition coefficient (Wildman–Crippen LogP) is 2.76. The maximum absolute atomic E-state index is 12.2. The van der Waals surface area contributed by atoms with Gasteiger partial charge in [0.2, 0.25) is 0 Å². The Morgan fingerprint density at radius 3 is 2.27 bits per heavy atom. The minimum atomic E-state index is -0.348. The summed E-state index contributed by atoms with van der Waals surface area (Å²) in [4.78, 5) is 24.3. The average Bonchev–Trinajstić information content (AvgIpc) is 2.82. The van der Waals surface area contributed by atoms with Crippen molar-refractivity contribution in [3.05, 3.63) is 47.2 Å². The SMILES string of the molecule is Cc1cc(NC(=O)c2cccc(C(=O)NC(C)(C)C)c2)no1. The molecule has 1 aromatic heterocycles. The largest absolute Gasteiger partial charge is 0.360 e. The lowest BCUT2D eigenvalue weighted by Crippen LogP contribution is -2.40. The molecule has 1 heterocycles. The van der Waals surface area contributed by atoms with E-state index >= 15 is 0 Å². The second kappa shape index (κ2) is 6.01. The summed E-state index contributed by atoms with van der Waals surface area (Å²) in [5.41, 5.74) is 0.467. The number of hydrogen-bond acceptors (Lipinski definition) is 4. The van der Waals surface area contributed by atoms with Crippen LogP contribution in [0, 0.1) is 6.92 Å². The minimum Gasteiger partial charge on any atom is -0.360 e. The number of benzene rings is 1. The number of nitrogens with one attached hydrogen (secondary N) is 2. The molecule has 0 radical (unpaired) electrons. The molecule has 0 saturated carbocycles. The molecule has 1 aromatic carbocycles. The minimum absolute atomic E-state index is 0.223. The van der Waals surface area contributed by atoms with E-state index in [1.54, 1.807) is 37.3 Å². The van der Waals surface area contributed by atoms with E-state index in [0.717, 1.165) is 0 Å². The normalized spacial score (nSPS) is 11.1. The molecule has 0 saturated heterocycles. The number of carbonyl (C=O) groups is 2. The highest BCUT2D eigenvalue weighted by Crippen LogP contribution is 2.12. The third-order valence-corrected chi connectivity index (χ3v) is 2.75. The second-order valence-corrected chi connectivity index (χ2v) is 6.06. The van der Waals surface area contributed by atoms with Gasteiger partial charge < -0.3 is 15.2 Å². The van der Waals surface area contributed by atoms with Crippen LogP contribution in [-0.4, -0.2) is 22.5 Å². The molecule has 0 fully saturated rings. The molecule has 6 nitrogen and oxygen atoms in total. The molecular weight excluding hydrogens is 282 g/mol. The molecule has 0 unspecified atom stereocenters. The highest BCUT2D eigenvalue weighted by atomic mass is 16.5. The van der Waals surface area contributed by atoms with Gasteiger partial charge in [-0.15, -0.1) is 0 Å². The Morgan fingerprint density at radius 2 is 1.73 bits per heavy atom. The van der Waals surface area contributed by atoms with E-state index in [1.165, 1.54) is 0 Å². The van der Waals surface area contributed by atoms with Crippen LogP contribution < -0.4 is 10.6 Å². The molecule has 116 valence electrons. The Labute approximate surface area is 128 Å². The molecule has 0 spiro atoms. The molecule has 0 aliphatic heterocycles. The maximum Gasteiger partial charge on any atom is 0.256 e. The van der Waals surface area contributed by atoms with E-state index < -0.39 is 0 Å². The molecule has 2 N–H and O–H groups in total. The smallest absolute Gasteiger partial charge is 0.256 e. The third kappa shape index (κ3) is 4.18. The summed E-state index contributed by atoms with van der Waals surface area (Å²) in [5, 5.41) is 9.18. The summed E-state index contributed by atoms with van der Waals surface area (Å²) in [6.07, 6.45) is 0. The number of aryl methyl sites for hydroxylation is 1. The Morgan fingerprint density at radius 1 is 1.09 bits per heavy atom. The fourth-order valence-corrected chi connectivity index (χ4v) is 1.83. The van der Waals surface area contributed by atoms with Gasteiger partial charge in [-0.1, -0.05) is 11.2 Å². The summed E-state index contributed by atoms with van der Waals surface area (Å²) in [6, 6.07) is 8.13. The first-order chi connectivity index (χ1) is 10.2. The van der Waals surface area contributed by atoms with Crippen molar-refractivity contribution < 1.29 is 14.1 Å². The summed E-state index contributed by atoms with van der Waals surface area (Å²) < 4.78 is 4.89. The van der Waals surface area contributed by atoms with Crippen molar-refractivity contribution >= 4 is 17.6 Å². The number of hydrogen-bond donors (Lipinski definition) is 2. The Kier molecular flexibility index (Phi) is 4.30. The standard InChI is InChI=1S/C16H19N3O3/c1-10-8-13(19-22-10)17-14(20)11-6-5-7-12(9-11)15(21)18-16(2,3)4/h5-9H,1-4H3,(H,18,21)(H,17,19,20). The van der Waals surface area contributed by atoms with Crippen LogP contribution in [0.15, 0.2) is 34.9 Å². The van der Waals surface area contributed by atoms with Gasteiger partial charge in [0, 0.05) is 22.7 Å². The first kappa shape index (κ1) is 15.8. The van der Waals surface area contributed by atoms with Crippen molar-refractivity contribution in [2.45, 2.75) is 33.2 Å². The predicted molar refractivity (Wildman–Crippen MR) is 82.9 cm³/mol. The van der Waals surface area contributed by atoms with Crippen molar-refractivity contribution in [2.75, 3.05) is 5.32 Å². The van der Waals surface area contributed by atoms with Crippen molar-refractivity contribution in [1.29, 1.82) is 0 Å². The zero-order valence-corrected chi connectivity index (χ0v) is 13.1. The topological polar surface area (TPSA) is 84.2 Å². The van der Waals surface area contributed by atoms with Gasteiger partial charge in [0.25, 0.3) is 11.8 Å². The van der Waals surface area contributed by atoms with Crippen LogP contribution in [0.3, 0.4) is 0 Å². The van der Waals surface area contributed by atoms with Crippen LogP contribution in [0.5, 0.6) is 0 Å². The number of anilines is 1. The van der Waals surface area contributed by atoms with Crippen molar-refractivity contribution in [3.63, 3.8) is 0 Å². The molecular formula is C16H19N3O3. The number of aromatic nitrogens is 1. The molecule has 0 aliphatic rings. The quantitative estimate of drug-likeness (QED) is 0.913. The maximum atomic E-state index is 12.2. The fraction of sp³-hybridized carbons (Fsp3) is 0.312. The van der Waals surface area contributed by atoms with Crippen LogP contribution in [0.2, 0.25) is 0 Å². The highest BCUT2D eigenvalue weighted by Gasteiger charge is 2.17. The first-order valence-corrected chi connectivity index (χ1v) is 6.92. The zero-order valence-electron chi connectivity index (χ0n) is 13.1. The van der Waals surface area contributed by atoms with Gasteiger partial charge in [-0.25, -0.2) is 0 Å². The fourth-order valence-electron chi connectivity index (χ4n) is 1.83. The summed E-state index contributed by atoms with van der Waals surface area (Å²) >= 11 is 0. The Bertz CT molecular complexity index is 699. The molecule has 6 heteroatoms. The Balaban J connectivity index is 2.14. The van der Waals surface area contributed by atoms with Gasteiger partial charge in [-0.3, -0.25) is 9.59 Å². The van der Waals surface area contributed by atoms with Gasteiger partial charge >= 0.3 is 0 Å². The van der Waals surface area contributed by atoms with Gasteiger partial charge in [0.15, 0.2) is 5.82 Å². The Hall–Kier alpha value is -2.63. The highest BCUT2D eigenvalue weighted by molar-refractivity contribution is 6.05. The lowest BCUT2D eigenvalue weighted by molar-refractivity contribution is 0.0919. The lowest BCUT2D eigenvalue weighted by Gasteiger charge is -2.20. The average molecular weight is 301 g/mol. The summed E-state index contributed by atoms with van der Waals surface area (Å²) in [7, 11) is 0. The van der Waals surface area contributed by atoms with Crippen LogP contribution in [0.25, 0.3) is 0 Å². The van der Waals surface area contributed by atoms with Gasteiger partial charge in [0.05, 0.1) is 0 Å². The van der Waals surface area contributed by atoms with E-state index in [9.17, 15) is 9.59 Å². The number of rotatable bonds is 3. The van der Waals surface area contributed by atoms with Crippen molar-refractivity contribution in [3.8, 4) is 0 Å². The van der Waals surface area contributed by atoms with E-state index in [-0.39, 0.29) is 17.4 Å². The summed E-state index contributed by atoms with van der Waals surface area (Å²) in [6.45, 7) is 7.43. The van der Waals surface area contributed by atoms with Crippen LogP contribution in [0.1, 0.15) is 47.2 Å². The van der Waals surface area contributed by atoms with E-state index in [1.807, 2.05) is 20.8 Å². The van der Waals surface area contributed by atoms with Crippen molar-refractivity contribution in [1.82, 2.24) is 10.5 Å². The second-order valence-electron chi connectivity index (χ2n) is 6.06. The molecule has 2 rings (SSSR count). The lowest BCUT2D eigenvalue weighted by atomic mass is 10.1. The van der Waals surface area contributed by atoms with Gasteiger partial charge in [-0.2, -0.15) is 0 Å². The number of amides is 2. The monoisotopic (exact) mass is 301 g/mol. The number of carbonyl (C=O) groups excluding carboxylic acids is 2. The molecule has 0 aliphatic carbocycles. The zero-order chi connectivity index (χ0) is 16.3. The van der Waals surface area contributed by atoms with Crippen molar-refractivity contribution in [2.24, 2.45) is 0 Å². The van der Waals surface area contributed by atoms with E-state index in [2.05, 4.69) is 15.8 Å². The van der Waals surface area contributed by atoms with Crippen LogP contribution >= 0.6 is 0 Å². The van der Waals surface area contributed by atoms with Gasteiger partial charge in [0.1, 0.15) is 5.76 Å². The molecule has 0 bridgehead atoms. The molecule has 22 heavy (non-hydrogen) atoms. The molecule has 0 atom stereocenters. The molecule has 2 amide bonds. The third-order valence-electron chi connectivity index (χ3n) is 2.75.